The number of hydrogen-bond acceptors (Lipinski definition) is 4. The number of hydrogen-bond donors (Lipinski definition) is 2. The van der Waals surface area contributed by atoms with Crippen LogP contribution in [0.3, 0.4) is 0 Å². The van der Waals surface area contributed by atoms with Crippen LogP contribution >= 0.6 is 0 Å². The minimum atomic E-state index is -1.26. The van der Waals surface area contributed by atoms with E-state index >= 15 is 0 Å². The number of ether oxygens (including phenoxy) is 1. The second-order valence-electron chi connectivity index (χ2n) is 2.65. The van der Waals surface area contributed by atoms with Gasteiger partial charge in [0.15, 0.2) is 5.43 Å². The molecule has 0 saturated heterocycles. The van der Waals surface area contributed by atoms with E-state index in [9.17, 15) is 14.4 Å². The third kappa shape index (κ3) is 2.43. The second kappa shape index (κ2) is 4.41. The third-order valence-electron chi connectivity index (χ3n) is 1.64. The van der Waals surface area contributed by atoms with Gasteiger partial charge in [-0.1, -0.05) is 0 Å². The standard InChI is InChI=1S/C9H9NO5/c1-2-15-9(14)5-4-10-6(8(12)13)3-7(5)11/h3-4H,2H2,1H3,(H,10,11)(H,12,13). The van der Waals surface area contributed by atoms with Crippen molar-refractivity contribution in [2.24, 2.45) is 0 Å². The molecular formula is C9H9NO5. The van der Waals surface area contributed by atoms with Crippen molar-refractivity contribution in [3.8, 4) is 0 Å². The molecule has 0 amide bonds. The highest BCUT2D eigenvalue weighted by atomic mass is 16.5. The predicted octanol–water partition coefficient (Wildman–Crippen LogP) is 0.250. The van der Waals surface area contributed by atoms with Gasteiger partial charge in [0.2, 0.25) is 0 Å². The quantitative estimate of drug-likeness (QED) is 0.698. The molecule has 80 valence electrons. The first kappa shape index (κ1) is 11.0. The molecule has 0 aromatic carbocycles. The molecule has 6 nitrogen and oxygen atoms in total. The molecule has 0 radical (unpaired) electrons. The summed E-state index contributed by atoms with van der Waals surface area (Å²) < 4.78 is 4.60. The number of carbonyl (C=O) groups excluding carboxylic acids is 1. The molecular weight excluding hydrogens is 202 g/mol. The number of pyridine rings is 1. The summed E-state index contributed by atoms with van der Waals surface area (Å²) in [7, 11) is 0. The van der Waals surface area contributed by atoms with Gasteiger partial charge in [-0.05, 0) is 6.92 Å². The van der Waals surface area contributed by atoms with Crippen LogP contribution in [0.5, 0.6) is 0 Å². The van der Waals surface area contributed by atoms with Crippen LogP contribution in [0, 0.1) is 0 Å². The lowest BCUT2D eigenvalue weighted by atomic mass is 10.2. The van der Waals surface area contributed by atoms with Crippen molar-refractivity contribution in [1.29, 1.82) is 0 Å². The van der Waals surface area contributed by atoms with Crippen LogP contribution in [0.1, 0.15) is 27.8 Å². The van der Waals surface area contributed by atoms with Crippen LogP contribution in [0.25, 0.3) is 0 Å². The maximum absolute atomic E-state index is 11.3. The SMILES string of the molecule is CCOC(=O)c1c[nH]c(C(=O)O)cc1=O. The first-order valence-corrected chi connectivity index (χ1v) is 4.19. The molecule has 0 aliphatic rings. The Kier molecular flexibility index (Phi) is 3.22. The van der Waals surface area contributed by atoms with E-state index in [1.54, 1.807) is 6.92 Å². The Balaban J connectivity index is 3.09. The first-order valence-electron chi connectivity index (χ1n) is 4.19. The maximum atomic E-state index is 11.3. The van der Waals surface area contributed by atoms with Gasteiger partial charge in [0.05, 0.1) is 6.61 Å². The van der Waals surface area contributed by atoms with E-state index in [-0.39, 0.29) is 17.9 Å². The molecule has 1 aromatic heterocycles. The number of esters is 1. The summed E-state index contributed by atoms with van der Waals surface area (Å²) in [5.41, 5.74) is -1.15. The Morgan fingerprint density at radius 3 is 2.67 bits per heavy atom. The molecule has 0 atom stereocenters. The van der Waals surface area contributed by atoms with Crippen molar-refractivity contribution in [3.63, 3.8) is 0 Å². The highest BCUT2D eigenvalue weighted by Gasteiger charge is 2.13. The Morgan fingerprint density at radius 1 is 1.53 bits per heavy atom. The largest absolute Gasteiger partial charge is 0.477 e. The molecule has 2 N–H and O–H groups in total. The average molecular weight is 211 g/mol. The van der Waals surface area contributed by atoms with Crippen LogP contribution in [0.4, 0.5) is 0 Å². The smallest absolute Gasteiger partial charge is 0.352 e. The van der Waals surface area contributed by atoms with E-state index in [1.165, 1.54) is 0 Å². The van der Waals surface area contributed by atoms with Gasteiger partial charge in [0.25, 0.3) is 0 Å². The molecule has 0 unspecified atom stereocenters. The number of carboxylic acid groups (broad SMARTS) is 1. The number of aromatic nitrogens is 1. The number of rotatable bonds is 3. The van der Waals surface area contributed by atoms with Crippen LogP contribution in [-0.2, 0) is 4.74 Å². The summed E-state index contributed by atoms with van der Waals surface area (Å²) in [5.74, 6) is -2.03. The van der Waals surface area contributed by atoms with E-state index in [4.69, 9.17) is 5.11 Å². The summed E-state index contributed by atoms with van der Waals surface area (Å²) >= 11 is 0. The van der Waals surface area contributed by atoms with Crippen molar-refractivity contribution >= 4 is 11.9 Å². The Morgan fingerprint density at radius 2 is 2.20 bits per heavy atom. The van der Waals surface area contributed by atoms with Crippen molar-refractivity contribution in [1.82, 2.24) is 4.98 Å². The van der Waals surface area contributed by atoms with Crippen molar-refractivity contribution in [2.75, 3.05) is 6.61 Å². The summed E-state index contributed by atoms with van der Waals surface area (Å²) in [6.07, 6.45) is 1.03. The van der Waals surface area contributed by atoms with E-state index < -0.39 is 17.4 Å². The van der Waals surface area contributed by atoms with Crippen molar-refractivity contribution in [3.05, 3.63) is 33.7 Å². The second-order valence-corrected chi connectivity index (χ2v) is 2.65. The van der Waals surface area contributed by atoms with E-state index in [0.717, 1.165) is 12.3 Å². The Hall–Kier alpha value is -2.11. The molecule has 0 aliphatic heterocycles. The molecule has 0 saturated carbocycles. The fourth-order valence-corrected chi connectivity index (χ4v) is 0.963. The van der Waals surface area contributed by atoms with E-state index in [1.807, 2.05) is 0 Å². The lowest BCUT2D eigenvalue weighted by molar-refractivity contribution is 0.0522. The molecule has 1 rings (SSSR count). The molecule has 1 aromatic rings. The number of nitrogens with one attached hydrogen (secondary N) is 1. The minimum Gasteiger partial charge on any atom is -0.477 e. The molecule has 6 heteroatoms. The van der Waals surface area contributed by atoms with Crippen LogP contribution < -0.4 is 5.43 Å². The topological polar surface area (TPSA) is 96.5 Å². The van der Waals surface area contributed by atoms with Crippen molar-refractivity contribution < 1.29 is 19.4 Å². The zero-order valence-electron chi connectivity index (χ0n) is 7.94. The Labute approximate surface area is 84.5 Å². The molecule has 0 fully saturated rings. The molecule has 15 heavy (non-hydrogen) atoms. The van der Waals surface area contributed by atoms with E-state index in [0.29, 0.717) is 0 Å². The minimum absolute atomic E-state index is 0.152. The number of aromatic amines is 1. The summed E-state index contributed by atoms with van der Waals surface area (Å²) in [5, 5.41) is 8.56. The first-order chi connectivity index (χ1) is 7.06. The third-order valence-corrected chi connectivity index (χ3v) is 1.64. The highest BCUT2D eigenvalue weighted by molar-refractivity contribution is 5.90. The van der Waals surface area contributed by atoms with Gasteiger partial charge < -0.3 is 14.8 Å². The van der Waals surface area contributed by atoms with Gasteiger partial charge in [0.1, 0.15) is 11.3 Å². The summed E-state index contributed by atoms with van der Waals surface area (Å²) in [4.78, 5) is 35.2. The Bertz CT molecular complexity index is 448. The summed E-state index contributed by atoms with van der Waals surface area (Å²) in [6.45, 7) is 1.76. The highest BCUT2D eigenvalue weighted by Crippen LogP contribution is 1.96. The van der Waals surface area contributed by atoms with Gasteiger partial charge in [-0.25, -0.2) is 9.59 Å². The fourth-order valence-electron chi connectivity index (χ4n) is 0.963. The fraction of sp³-hybridized carbons (Fsp3) is 0.222. The van der Waals surface area contributed by atoms with Crippen molar-refractivity contribution in [2.45, 2.75) is 6.92 Å². The van der Waals surface area contributed by atoms with Crippen LogP contribution in [0.2, 0.25) is 0 Å². The number of carboxylic acids is 1. The average Bonchev–Trinajstić information content (AvgIpc) is 2.17. The normalized spacial score (nSPS) is 9.67. The van der Waals surface area contributed by atoms with Gasteiger partial charge in [0, 0.05) is 12.3 Å². The predicted molar refractivity (Wildman–Crippen MR) is 50.0 cm³/mol. The summed E-state index contributed by atoms with van der Waals surface area (Å²) in [6, 6.07) is 0.842. The lowest BCUT2D eigenvalue weighted by Crippen LogP contribution is -2.19. The zero-order valence-corrected chi connectivity index (χ0v) is 7.94. The van der Waals surface area contributed by atoms with Gasteiger partial charge in [-0.2, -0.15) is 0 Å². The maximum Gasteiger partial charge on any atom is 0.352 e. The van der Waals surface area contributed by atoms with Gasteiger partial charge in [-0.3, -0.25) is 4.79 Å². The van der Waals surface area contributed by atoms with Crippen LogP contribution in [0.15, 0.2) is 17.1 Å². The van der Waals surface area contributed by atoms with Gasteiger partial charge >= 0.3 is 11.9 Å². The number of carbonyl (C=O) groups is 2. The molecule has 0 spiro atoms. The molecule has 0 bridgehead atoms. The van der Waals surface area contributed by atoms with E-state index in [2.05, 4.69) is 9.72 Å². The number of aromatic carboxylic acids is 1. The molecule has 1 heterocycles. The number of H-pyrrole nitrogens is 1. The zero-order chi connectivity index (χ0) is 11.4. The lowest BCUT2D eigenvalue weighted by Gasteiger charge is -2.00. The van der Waals surface area contributed by atoms with Crippen LogP contribution in [-0.4, -0.2) is 28.6 Å². The molecule has 0 aliphatic carbocycles. The monoisotopic (exact) mass is 211 g/mol. The van der Waals surface area contributed by atoms with Gasteiger partial charge in [-0.15, -0.1) is 0 Å².